The quantitative estimate of drug-likeness (QED) is 0.315. The minimum absolute atomic E-state index is 0.260. The van der Waals surface area contributed by atoms with Crippen LogP contribution >= 0.6 is 0 Å². The summed E-state index contributed by atoms with van der Waals surface area (Å²) in [6.45, 7) is 6.20. The Morgan fingerprint density at radius 1 is 0.895 bits per heavy atom. The summed E-state index contributed by atoms with van der Waals surface area (Å²) in [7, 11) is 0. The molecule has 0 saturated heterocycles. The van der Waals surface area contributed by atoms with Gasteiger partial charge in [-0.05, 0) is 28.7 Å². The fourth-order valence-corrected chi connectivity index (χ4v) is 4.21. The topological polar surface area (TPSA) is 128 Å². The Balaban J connectivity index is 1.56. The molecule has 0 spiro atoms. The van der Waals surface area contributed by atoms with Crippen molar-refractivity contribution in [1.82, 2.24) is 30.6 Å². The highest BCUT2D eigenvalue weighted by molar-refractivity contribution is 5.89. The lowest BCUT2D eigenvalue weighted by Crippen LogP contribution is -2.51. The summed E-state index contributed by atoms with van der Waals surface area (Å²) in [5, 5.41) is 14.4. The number of pyridine rings is 1. The van der Waals surface area contributed by atoms with Crippen molar-refractivity contribution >= 4 is 17.5 Å². The molecule has 0 aliphatic carbocycles. The van der Waals surface area contributed by atoms with E-state index in [-0.39, 0.29) is 11.8 Å². The predicted molar refractivity (Wildman–Crippen MR) is 147 cm³/mol. The first-order valence-corrected chi connectivity index (χ1v) is 12.5. The summed E-state index contributed by atoms with van der Waals surface area (Å²) in [6.07, 6.45) is 3.59. The minimum Gasteiger partial charge on any atom is -0.397 e. The molecule has 196 valence electrons. The number of anilines is 1. The fraction of sp³-hybridized carbons (Fsp3) is 0.276. The molecule has 9 nitrogen and oxygen atoms in total. The number of nitrogens with two attached hydrogens (primary N) is 1. The zero-order chi connectivity index (χ0) is 27.1. The van der Waals surface area contributed by atoms with Crippen molar-refractivity contribution < 1.29 is 9.59 Å². The molecule has 9 heteroatoms. The first-order valence-electron chi connectivity index (χ1n) is 12.5. The standard InChI is InChI=1S/C29H33N7O2/c1-29(2,3)26(36-19-25(34-35-36)23-15-14-22(30)18-31-23)28(38)33-24(16-20-10-6-4-7-11-20)27(37)32-17-21-12-8-5-9-13-21/h4-15,18-19,24,26H,16-17,30H2,1-3H3,(H,32,37)(H,33,38). The van der Waals surface area contributed by atoms with Crippen molar-refractivity contribution in [1.29, 1.82) is 0 Å². The molecule has 2 heterocycles. The van der Waals surface area contributed by atoms with Gasteiger partial charge in [0.25, 0.3) is 0 Å². The molecule has 38 heavy (non-hydrogen) atoms. The summed E-state index contributed by atoms with van der Waals surface area (Å²) in [5.74, 6) is -0.584. The molecule has 0 radical (unpaired) electrons. The van der Waals surface area contributed by atoms with Gasteiger partial charge >= 0.3 is 0 Å². The van der Waals surface area contributed by atoms with Gasteiger partial charge in [-0.1, -0.05) is 86.6 Å². The Labute approximate surface area is 222 Å². The lowest BCUT2D eigenvalue weighted by Gasteiger charge is -2.31. The third-order valence-electron chi connectivity index (χ3n) is 6.12. The first kappa shape index (κ1) is 26.5. The number of nitrogen functional groups attached to an aromatic ring is 1. The van der Waals surface area contributed by atoms with Crippen LogP contribution < -0.4 is 16.4 Å². The Hall–Kier alpha value is -4.53. The van der Waals surface area contributed by atoms with E-state index in [1.807, 2.05) is 81.4 Å². The highest BCUT2D eigenvalue weighted by Gasteiger charge is 2.36. The molecule has 0 fully saturated rings. The van der Waals surface area contributed by atoms with Crippen LogP contribution in [0.25, 0.3) is 11.4 Å². The Morgan fingerprint density at radius 2 is 1.55 bits per heavy atom. The average molecular weight is 512 g/mol. The van der Waals surface area contributed by atoms with Crippen LogP contribution in [0.4, 0.5) is 5.69 Å². The summed E-state index contributed by atoms with van der Waals surface area (Å²) in [5.41, 5.74) is 8.80. The van der Waals surface area contributed by atoms with Gasteiger partial charge in [-0.15, -0.1) is 5.10 Å². The van der Waals surface area contributed by atoms with Gasteiger partial charge in [-0.2, -0.15) is 0 Å². The fourth-order valence-electron chi connectivity index (χ4n) is 4.21. The SMILES string of the molecule is CC(C)(C)C(C(=O)NC(Cc1ccccc1)C(=O)NCc1ccccc1)n1cc(-c2ccc(N)cn2)nn1. The number of carbonyl (C=O) groups is 2. The molecular weight excluding hydrogens is 478 g/mol. The number of nitrogens with zero attached hydrogens (tertiary/aromatic N) is 4. The highest BCUT2D eigenvalue weighted by Crippen LogP contribution is 2.31. The van der Waals surface area contributed by atoms with Crippen molar-refractivity contribution in [2.75, 3.05) is 5.73 Å². The highest BCUT2D eigenvalue weighted by atomic mass is 16.2. The van der Waals surface area contributed by atoms with Crippen LogP contribution in [0.15, 0.2) is 85.2 Å². The number of aromatic nitrogens is 4. The van der Waals surface area contributed by atoms with Crippen molar-refractivity contribution in [3.05, 3.63) is 96.3 Å². The second-order valence-electron chi connectivity index (χ2n) is 10.3. The Morgan fingerprint density at radius 3 is 2.16 bits per heavy atom. The van der Waals surface area contributed by atoms with Crippen LogP contribution in [0, 0.1) is 5.41 Å². The molecule has 0 aliphatic heterocycles. The number of nitrogens with one attached hydrogen (secondary N) is 2. The number of hydrogen-bond donors (Lipinski definition) is 3. The molecule has 0 aliphatic rings. The molecular formula is C29H33N7O2. The summed E-state index contributed by atoms with van der Waals surface area (Å²) >= 11 is 0. The van der Waals surface area contributed by atoms with Crippen LogP contribution in [0.5, 0.6) is 0 Å². The molecule has 2 aromatic carbocycles. The molecule has 4 N–H and O–H groups in total. The van der Waals surface area contributed by atoms with Crippen LogP contribution in [0.1, 0.15) is 37.9 Å². The van der Waals surface area contributed by atoms with Gasteiger partial charge in [-0.25, -0.2) is 4.68 Å². The second-order valence-corrected chi connectivity index (χ2v) is 10.3. The average Bonchev–Trinajstić information content (AvgIpc) is 3.37. The number of hydrogen-bond acceptors (Lipinski definition) is 6. The maximum Gasteiger partial charge on any atom is 0.246 e. The molecule has 0 bridgehead atoms. The Kier molecular flexibility index (Phi) is 8.15. The van der Waals surface area contributed by atoms with E-state index in [9.17, 15) is 9.59 Å². The van der Waals surface area contributed by atoms with Crippen molar-refractivity contribution in [3.8, 4) is 11.4 Å². The van der Waals surface area contributed by atoms with E-state index >= 15 is 0 Å². The molecule has 0 saturated carbocycles. The van der Waals surface area contributed by atoms with E-state index in [0.717, 1.165) is 11.1 Å². The smallest absolute Gasteiger partial charge is 0.246 e. The lowest BCUT2D eigenvalue weighted by molar-refractivity contribution is -0.133. The number of benzene rings is 2. The maximum absolute atomic E-state index is 13.7. The normalized spacial score (nSPS) is 12.9. The minimum atomic E-state index is -0.778. The van der Waals surface area contributed by atoms with Crippen molar-refractivity contribution in [3.63, 3.8) is 0 Å². The largest absolute Gasteiger partial charge is 0.397 e. The molecule has 2 unspecified atom stereocenters. The Bertz CT molecular complexity index is 1350. The van der Waals surface area contributed by atoms with Gasteiger partial charge in [0.1, 0.15) is 17.8 Å². The predicted octanol–water partition coefficient (Wildman–Crippen LogP) is 3.55. The van der Waals surface area contributed by atoms with E-state index in [0.29, 0.717) is 30.0 Å². The first-order chi connectivity index (χ1) is 18.2. The van der Waals surface area contributed by atoms with Gasteiger partial charge in [0.05, 0.1) is 23.8 Å². The van der Waals surface area contributed by atoms with Crippen LogP contribution in [0.2, 0.25) is 0 Å². The number of rotatable bonds is 9. The van der Waals surface area contributed by atoms with Gasteiger partial charge in [-0.3, -0.25) is 14.6 Å². The van der Waals surface area contributed by atoms with E-state index in [1.165, 1.54) is 4.68 Å². The maximum atomic E-state index is 13.7. The zero-order valence-electron chi connectivity index (χ0n) is 21.8. The third kappa shape index (κ3) is 6.82. The molecule has 4 aromatic rings. The van der Waals surface area contributed by atoms with Gasteiger partial charge < -0.3 is 16.4 Å². The number of carbonyl (C=O) groups excluding carboxylic acids is 2. The number of amides is 2. The van der Waals surface area contributed by atoms with Gasteiger partial charge in [0.2, 0.25) is 11.8 Å². The van der Waals surface area contributed by atoms with Crippen LogP contribution in [-0.2, 0) is 22.6 Å². The van der Waals surface area contributed by atoms with Gasteiger partial charge in [0, 0.05) is 13.0 Å². The van der Waals surface area contributed by atoms with Crippen molar-refractivity contribution in [2.45, 2.75) is 45.8 Å². The van der Waals surface area contributed by atoms with Gasteiger partial charge in [0.15, 0.2) is 0 Å². The summed E-state index contributed by atoms with van der Waals surface area (Å²) < 4.78 is 1.53. The molecule has 2 aromatic heterocycles. The summed E-state index contributed by atoms with van der Waals surface area (Å²) in [4.78, 5) is 31.3. The summed E-state index contributed by atoms with van der Waals surface area (Å²) in [6, 6.07) is 21.3. The molecule has 4 rings (SSSR count). The lowest BCUT2D eigenvalue weighted by atomic mass is 9.86. The second kappa shape index (κ2) is 11.7. The van der Waals surface area contributed by atoms with Crippen LogP contribution in [0.3, 0.4) is 0 Å². The van der Waals surface area contributed by atoms with E-state index in [2.05, 4.69) is 25.9 Å². The zero-order valence-corrected chi connectivity index (χ0v) is 21.8. The van der Waals surface area contributed by atoms with E-state index < -0.39 is 17.5 Å². The van der Waals surface area contributed by atoms with E-state index in [4.69, 9.17) is 5.73 Å². The third-order valence-corrected chi connectivity index (χ3v) is 6.12. The monoisotopic (exact) mass is 511 g/mol. The molecule has 2 atom stereocenters. The van der Waals surface area contributed by atoms with Crippen molar-refractivity contribution in [2.24, 2.45) is 5.41 Å². The van der Waals surface area contributed by atoms with Crippen LogP contribution in [-0.4, -0.2) is 37.8 Å². The van der Waals surface area contributed by atoms with E-state index in [1.54, 1.807) is 24.5 Å². The molecule has 2 amide bonds.